The maximum atomic E-state index is 12.5. The summed E-state index contributed by atoms with van der Waals surface area (Å²) in [6, 6.07) is -5.74. The van der Waals surface area contributed by atoms with Gasteiger partial charge in [0.1, 0.15) is 18.1 Å². The molecule has 8 N–H and O–H groups in total. The lowest BCUT2D eigenvalue weighted by atomic mass is 10.0. The normalized spacial score (nSPS) is 14.8. The Morgan fingerprint density at radius 1 is 0.677 bits per heavy atom. The molecule has 3 amide bonds. The summed E-state index contributed by atoms with van der Waals surface area (Å²) in [5.74, 6) is -8.16. The number of carbonyl (C=O) groups excluding carboxylic acids is 3. The van der Waals surface area contributed by atoms with Crippen molar-refractivity contribution in [3.63, 3.8) is 0 Å². The second kappa shape index (κ2) is 12.5. The summed E-state index contributed by atoms with van der Waals surface area (Å²) in [7, 11) is 0. The van der Waals surface area contributed by atoms with Crippen LogP contribution in [0.15, 0.2) is 0 Å². The van der Waals surface area contributed by atoms with Crippen LogP contribution >= 0.6 is 0 Å². The minimum absolute atomic E-state index is 0.317. The van der Waals surface area contributed by atoms with E-state index in [1.807, 2.05) is 0 Å². The Morgan fingerprint density at radius 2 is 1.06 bits per heavy atom. The van der Waals surface area contributed by atoms with Crippen LogP contribution in [0.2, 0.25) is 0 Å². The molecule has 0 aromatic rings. The third-order valence-electron chi connectivity index (χ3n) is 4.27. The number of nitrogens with two attached hydrogens (primary N) is 1. The SMILES string of the molecule is CC(C)C(N)C(=O)NC(CC(=O)O)C(=O)NC(CC(=O)O)C(=O)NC(C(=O)O)C(C)C. The fourth-order valence-corrected chi connectivity index (χ4v) is 2.38. The summed E-state index contributed by atoms with van der Waals surface area (Å²) in [5.41, 5.74) is 5.68. The molecule has 0 bridgehead atoms. The number of rotatable bonds is 13. The Balaban J connectivity index is 5.56. The molecule has 0 aromatic carbocycles. The summed E-state index contributed by atoms with van der Waals surface area (Å²) in [5, 5.41) is 33.6. The molecule has 0 aliphatic heterocycles. The zero-order chi connectivity index (χ0) is 24.5. The van der Waals surface area contributed by atoms with Crippen LogP contribution in [0.3, 0.4) is 0 Å². The summed E-state index contributed by atoms with van der Waals surface area (Å²) >= 11 is 0. The highest BCUT2D eigenvalue weighted by Crippen LogP contribution is 2.05. The van der Waals surface area contributed by atoms with E-state index in [0.717, 1.165) is 0 Å². The Kier molecular flexibility index (Phi) is 11.2. The van der Waals surface area contributed by atoms with Crippen molar-refractivity contribution in [2.24, 2.45) is 17.6 Å². The van der Waals surface area contributed by atoms with Gasteiger partial charge in [0.15, 0.2) is 0 Å². The first-order valence-electron chi connectivity index (χ1n) is 9.50. The zero-order valence-corrected chi connectivity index (χ0v) is 17.7. The third kappa shape index (κ3) is 9.89. The molecule has 0 spiro atoms. The van der Waals surface area contributed by atoms with E-state index in [2.05, 4.69) is 16.0 Å². The van der Waals surface area contributed by atoms with Crippen LogP contribution in [0.4, 0.5) is 0 Å². The van der Waals surface area contributed by atoms with Gasteiger partial charge in [-0.2, -0.15) is 0 Å². The first kappa shape index (κ1) is 27.8. The van der Waals surface area contributed by atoms with Crippen LogP contribution in [-0.4, -0.2) is 75.1 Å². The molecular weight excluding hydrogens is 416 g/mol. The third-order valence-corrected chi connectivity index (χ3v) is 4.27. The number of hydrogen-bond acceptors (Lipinski definition) is 7. The van der Waals surface area contributed by atoms with Crippen molar-refractivity contribution in [1.82, 2.24) is 16.0 Å². The highest BCUT2D eigenvalue weighted by molar-refractivity contribution is 5.96. The fourth-order valence-electron chi connectivity index (χ4n) is 2.38. The highest BCUT2D eigenvalue weighted by atomic mass is 16.4. The number of hydrogen-bond donors (Lipinski definition) is 7. The largest absolute Gasteiger partial charge is 0.481 e. The van der Waals surface area contributed by atoms with Crippen LogP contribution in [-0.2, 0) is 28.8 Å². The van der Waals surface area contributed by atoms with Gasteiger partial charge in [0.25, 0.3) is 0 Å². The average molecular weight is 446 g/mol. The second-order valence-corrected chi connectivity index (χ2v) is 7.66. The lowest BCUT2D eigenvalue weighted by molar-refractivity contribution is -0.145. The molecule has 0 saturated heterocycles. The van der Waals surface area contributed by atoms with E-state index in [0.29, 0.717) is 0 Å². The topological polar surface area (TPSA) is 225 Å². The standard InChI is InChI=1S/C18H30N4O9/c1-7(2)13(19)17(29)21-9(5-11(23)24)15(27)20-10(6-12(25)26)16(28)22-14(8(3)4)18(30)31/h7-10,13-14H,5-6,19H2,1-4H3,(H,20,27)(H,21,29)(H,22,28)(H,23,24)(H,25,26)(H,30,31). The predicted octanol–water partition coefficient (Wildman–Crippen LogP) is -1.89. The minimum Gasteiger partial charge on any atom is -0.481 e. The molecule has 0 fully saturated rings. The molecule has 0 aliphatic carbocycles. The molecule has 0 rings (SSSR count). The van der Waals surface area contributed by atoms with Gasteiger partial charge in [0.05, 0.1) is 18.9 Å². The van der Waals surface area contributed by atoms with Gasteiger partial charge in [0, 0.05) is 0 Å². The van der Waals surface area contributed by atoms with E-state index < -0.39 is 78.6 Å². The van der Waals surface area contributed by atoms with E-state index in [9.17, 15) is 33.9 Å². The van der Waals surface area contributed by atoms with Gasteiger partial charge in [-0.25, -0.2) is 4.79 Å². The fraction of sp³-hybridized carbons (Fsp3) is 0.667. The van der Waals surface area contributed by atoms with E-state index in [1.165, 1.54) is 13.8 Å². The molecule has 31 heavy (non-hydrogen) atoms. The summed E-state index contributed by atoms with van der Waals surface area (Å²) < 4.78 is 0. The van der Waals surface area contributed by atoms with Crippen molar-refractivity contribution in [2.75, 3.05) is 0 Å². The highest BCUT2D eigenvalue weighted by Gasteiger charge is 2.33. The van der Waals surface area contributed by atoms with Gasteiger partial charge < -0.3 is 37.0 Å². The maximum absolute atomic E-state index is 12.5. The zero-order valence-electron chi connectivity index (χ0n) is 17.7. The quantitative estimate of drug-likeness (QED) is 0.166. The molecule has 0 aromatic heterocycles. The number of carboxylic acid groups (broad SMARTS) is 3. The molecular formula is C18H30N4O9. The second-order valence-electron chi connectivity index (χ2n) is 7.66. The predicted molar refractivity (Wildman–Crippen MR) is 106 cm³/mol. The Labute approximate surface area is 178 Å². The van der Waals surface area contributed by atoms with E-state index in [1.54, 1.807) is 13.8 Å². The molecule has 176 valence electrons. The summed E-state index contributed by atoms with van der Waals surface area (Å²) in [6.45, 7) is 6.30. The Hall–Kier alpha value is -3.22. The minimum atomic E-state index is -1.71. The van der Waals surface area contributed by atoms with E-state index >= 15 is 0 Å². The number of amides is 3. The van der Waals surface area contributed by atoms with Crippen LogP contribution in [0.5, 0.6) is 0 Å². The smallest absolute Gasteiger partial charge is 0.326 e. The van der Waals surface area contributed by atoms with Crippen molar-refractivity contribution in [3.8, 4) is 0 Å². The molecule has 0 radical (unpaired) electrons. The first-order chi connectivity index (χ1) is 14.2. The number of carbonyl (C=O) groups is 6. The molecule has 4 unspecified atom stereocenters. The van der Waals surface area contributed by atoms with Crippen molar-refractivity contribution in [2.45, 2.75) is 64.7 Å². The number of nitrogens with one attached hydrogen (secondary N) is 3. The van der Waals surface area contributed by atoms with Crippen LogP contribution in [0.25, 0.3) is 0 Å². The number of aliphatic carboxylic acids is 3. The molecule has 0 saturated carbocycles. The molecule has 4 atom stereocenters. The van der Waals surface area contributed by atoms with Gasteiger partial charge in [0.2, 0.25) is 17.7 Å². The van der Waals surface area contributed by atoms with Crippen molar-refractivity contribution < 1.29 is 44.1 Å². The van der Waals surface area contributed by atoms with E-state index in [4.69, 9.17) is 15.9 Å². The van der Waals surface area contributed by atoms with E-state index in [-0.39, 0.29) is 5.92 Å². The van der Waals surface area contributed by atoms with Crippen LogP contribution in [0, 0.1) is 11.8 Å². The molecule has 0 aliphatic rings. The van der Waals surface area contributed by atoms with Crippen molar-refractivity contribution in [3.05, 3.63) is 0 Å². The average Bonchev–Trinajstić information content (AvgIpc) is 2.62. The molecule has 13 nitrogen and oxygen atoms in total. The lowest BCUT2D eigenvalue weighted by Crippen LogP contribution is -2.58. The molecule has 13 heteroatoms. The van der Waals surface area contributed by atoms with Gasteiger partial charge in [-0.3, -0.25) is 24.0 Å². The molecule has 0 heterocycles. The van der Waals surface area contributed by atoms with Gasteiger partial charge >= 0.3 is 17.9 Å². The first-order valence-corrected chi connectivity index (χ1v) is 9.50. The summed E-state index contributed by atoms with van der Waals surface area (Å²) in [6.07, 6.45) is -1.76. The van der Waals surface area contributed by atoms with Crippen molar-refractivity contribution in [1.29, 1.82) is 0 Å². The van der Waals surface area contributed by atoms with Gasteiger partial charge in [-0.05, 0) is 11.8 Å². The Morgan fingerprint density at radius 3 is 1.39 bits per heavy atom. The van der Waals surface area contributed by atoms with Crippen LogP contribution < -0.4 is 21.7 Å². The monoisotopic (exact) mass is 446 g/mol. The number of carboxylic acids is 3. The lowest BCUT2D eigenvalue weighted by Gasteiger charge is -2.25. The van der Waals surface area contributed by atoms with Crippen molar-refractivity contribution >= 4 is 35.6 Å². The van der Waals surface area contributed by atoms with Crippen LogP contribution in [0.1, 0.15) is 40.5 Å². The van der Waals surface area contributed by atoms with Gasteiger partial charge in [-0.1, -0.05) is 27.7 Å². The summed E-state index contributed by atoms with van der Waals surface area (Å²) in [4.78, 5) is 70.6. The maximum Gasteiger partial charge on any atom is 0.326 e. The Bertz CT molecular complexity index is 708. The van der Waals surface area contributed by atoms with Gasteiger partial charge in [-0.15, -0.1) is 0 Å².